The molecule has 2 N–H and O–H groups in total. The van der Waals surface area contributed by atoms with Crippen molar-refractivity contribution in [3.05, 3.63) is 23.8 Å². The lowest BCUT2D eigenvalue weighted by Crippen LogP contribution is -2.48. The summed E-state index contributed by atoms with van der Waals surface area (Å²) >= 11 is 0. The van der Waals surface area contributed by atoms with Crippen LogP contribution in [0.25, 0.3) is 0 Å². The number of amides is 4. The second kappa shape index (κ2) is 8.21. The summed E-state index contributed by atoms with van der Waals surface area (Å²) in [5.74, 6) is -0.653. The summed E-state index contributed by atoms with van der Waals surface area (Å²) in [4.78, 5) is 50.7. The molecule has 0 bridgehead atoms. The smallest absolute Gasteiger partial charge is 0.328 e. The molecule has 2 aliphatic heterocycles. The number of fused-ring (bicyclic) bond motifs is 1. The van der Waals surface area contributed by atoms with E-state index in [4.69, 9.17) is 14.2 Å². The van der Waals surface area contributed by atoms with E-state index in [2.05, 4.69) is 10.6 Å². The zero-order chi connectivity index (χ0) is 22.1. The van der Waals surface area contributed by atoms with Crippen LogP contribution in [-0.2, 0) is 24.7 Å². The van der Waals surface area contributed by atoms with Gasteiger partial charge < -0.3 is 24.8 Å². The van der Waals surface area contributed by atoms with E-state index in [9.17, 15) is 19.2 Å². The lowest BCUT2D eigenvalue weighted by molar-refractivity contribution is -0.145. The van der Waals surface area contributed by atoms with Gasteiger partial charge in [0, 0.05) is 0 Å². The van der Waals surface area contributed by atoms with E-state index >= 15 is 0 Å². The van der Waals surface area contributed by atoms with Crippen LogP contribution < -0.4 is 20.1 Å². The molecule has 30 heavy (non-hydrogen) atoms. The van der Waals surface area contributed by atoms with Crippen LogP contribution in [0.2, 0.25) is 0 Å². The normalized spacial score (nSPS) is 20.9. The number of hydrogen-bond donors (Lipinski definition) is 2. The van der Waals surface area contributed by atoms with Crippen LogP contribution in [0.3, 0.4) is 0 Å². The molecule has 0 spiro atoms. The maximum atomic E-state index is 13.0. The van der Waals surface area contributed by atoms with Crippen molar-refractivity contribution in [3.8, 4) is 11.5 Å². The van der Waals surface area contributed by atoms with Gasteiger partial charge >= 0.3 is 12.0 Å². The number of ether oxygens (including phenoxy) is 3. The number of carbonyl (C=O) groups excluding carboxylic acids is 4. The predicted molar refractivity (Wildman–Crippen MR) is 104 cm³/mol. The van der Waals surface area contributed by atoms with Crippen molar-refractivity contribution in [1.29, 1.82) is 0 Å². The molecule has 2 aliphatic rings. The van der Waals surface area contributed by atoms with Gasteiger partial charge in [0.25, 0.3) is 5.91 Å². The van der Waals surface area contributed by atoms with Gasteiger partial charge in [0.05, 0.1) is 7.11 Å². The Kier molecular flexibility index (Phi) is 5.86. The Hall–Kier alpha value is -3.30. The van der Waals surface area contributed by atoms with Crippen LogP contribution in [0.4, 0.5) is 4.79 Å². The van der Waals surface area contributed by atoms with E-state index < -0.39 is 41.9 Å². The van der Waals surface area contributed by atoms with Crippen LogP contribution in [0.5, 0.6) is 11.5 Å². The summed E-state index contributed by atoms with van der Waals surface area (Å²) in [5.41, 5.74) is -0.863. The minimum atomic E-state index is -1.36. The van der Waals surface area contributed by atoms with Gasteiger partial charge in [-0.1, -0.05) is 19.9 Å². The minimum absolute atomic E-state index is 0.0832. The molecule has 2 heterocycles. The molecule has 1 fully saturated rings. The average Bonchev–Trinajstić information content (AvgIpc) is 3.25. The SMILES string of the molecule is COC(=O)[C@@H](CC(C)C)NC(=O)CN1C(=O)N[C@@](C)(c2ccc3c(c2)OCO3)C1=O. The lowest BCUT2D eigenvalue weighted by Gasteiger charge is -2.23. The number of carbonyl (C=O) groups is 4. The Labute approximate surface area is 173 Å². The number of nitrogens with zero attached hydrogens (tertiary/aromatic N) is 1. The van der Waals surface area contributed by atoms with Crippen molar-refractivity contribution in [3.63, 3.8) is 0 Å². The van der Waals surface area contributed by atoms with Crippen molar-refractivity contribution >= 4 is 23.8 Å². The van der Waals surface area contributed by atoms with E-state index in [0.717, 1.165) is 4.90 Å². The Bertz CT molecular complexity index is 885. The van der Waals surface area contributed by atoms with Crippen LogP contribution in [0, 0.1) is 5.92 Å². The third-order valence-corrected chi connectivity index (χ3v) is 5.05. The molecule has 1 aromatic rings. The number of methoxy groups -OCH3 is 1. The Morgan fingerprint density at radius 3 is 2.63 bits per heavy atom. The van der Waals surface area contributed by atoms with Gasteiger partial charge in [-0.05, 0) is 37.0 Å². The fraction of sp³-hybridized carbons (Fsp3) is 0.500. The molecule has 10 nitrogen and oxygen atoms in total. The van der Waals surface area contributed by atoms with E-state index in [0.29, 0.717) is 23.5 Å². The van der Waals surface area contributed by atoms with Crippen LogP contribution >= 0.6 is 0 Å². The summed E-state index contributed by atoms with van der Waals surface area (Å²) in [6.45, 7) is 4.92. The Morgan fingerprint density at radius 2 is 1.97 bits per heavy atom. The maximum Gasteiger partial charge on any atom is 0.328 e. The van der Waals surface area contributed by atoms with Crippen LogP contribution in [0.15, 0.2) is 18.2 Å². The van der Waals surface area contributed by atoms with Gasteiger partial charge in [-0.3, -0.25) is 14.5 Å². The zero-order valence-corrected chi connectivity index (χ0v) is 17.3. The predicted octanol–water partition coefficient (Wildman–Crippen LogP) is 0.886. The average molecular weight is 419 g/mol. The van der Waals surface area contributed by atoms with E-state index in [-0.39, 0.29) is 12.7 Å². The second-order valence-corrected chi connectivity index (χ2v) is 7.79. The highest BCUT2D eigenvalue weighted by atomic mass is 16.7. The fourth-order valence-corrected chi connectivity index (χ4v) is 3.46. The maximum absolute atomic E-state index is 13.0. The second-order valence-electron chi connectivity index (χ2n) is 7.79. The van der Waals surface area contributed by atoms with E-state index in [1.54, 1.807) is 25.1 Å². The van der Waals surface area contributed by atoms with Gasteiger partial charge in [-0.2, -0.15) is 0 Å². The molecular weight excluding hydrogens is 394 g/mol. The minimum Gasteiger partial charge on any atom is -0.467 e. The van der Waals surface area contributed by atoms with Crippen molar-refractivity contribution in [2.24, 2.45) is 5.92 Å². The fourth-order valence-electron chi connectivity index (χ4n) is 3.46. The summed E-state index contributed by atoms with van der Waals surface area (Å²) in [7, 11) is 1.23. The monoisotopic (exact) mass is 419 g/mol. The molecule has 4 amide bonds. The first kappa shape index (κ1) is 21.4. The summed E-state index contributed by atoms with van der Waals surface area (Å²) in [5, 5.41) is 5.18. The number of rotatable bonds is 7. The topological polar surface area (TPSA) is 123 Å². The molecule has 10 heteroatoms. The largest absolute Gasteiger partial charge is 0.467 e. The highest BCUT2D eigenvalue weighted by molar-refractivity contribution is 6.09. The quantitative estimate of drug-likeness (QED) is 0.497. The molecule has 1 aromatic carbocycles. The summed E-state index contributed by atoms with van der Waals surface area (Å²) in [6.07, 6.45) is 0.369. The van der Waals surface area contributed by atoms with E-state index in [1.165, 1.54) is 7.11 Å². The van der Waals surface area contributed by atoms with Crippen molar-refractivity contribution in [1.82, 2.24) is 15.5 Å². The molecule has 0 radical (unpaired) electrons. The molecule has 0 aliphatic carbocycles. The number of benzene rings is 1. The van der Waals surface area contributed by atoms with Crippen molar-refractivity contribution in [2.45, 2.75) is 38.8 Å². The zero-order valence-electron chi connectivity index (χ0n) is 17.3. The third-order valence-electron chi connectivity index (χ3n) is 5.05. The number of urea groups is 1. The Morgan fingerprint density at radius 1 is 1.27 bits per heavy atom. The standard InChI is InChI=1S/C20H25N3O7/c1-11(2)7-13(17(25)28-4)21-16(24)9-23-18(26)20(3,22-19(23)27)12-5-6-14-15(8-12)30-10-29-14/h5-6,8,11,13H,7,9-10H2,1-4H3,(H,21,24)(H,22,27)/t13-,20+/m1/s1. The summed E-state index contributed by atoms with van der Waals surface area (Å²) < 4.78 is 15.3. The first-order valence-corrected chi connectivity index (χ1v) is 9.57. The Balaban J connectivity index is 1.73. The van der Waals surface area contributed by atoms with Gasteiger partial charge in [-0.15, -0.1) is 0 Å². The molecule has 3 rings (SSSR count). The van der Waals surface area contributed by atoms with Gasteiger partial charge in [0.15, 0.2) is 11.5 Å². The van der Waals surface area contributed by atoms with E-state index in [1.807, 2.05) is 13.8 Å². The first-order valence-electron chi connectivity index (χ1n) is 9.57. The molecule has 2 atom stereocenters. The highest BCUT2D eigenvalue weighted by Crippen LogP contribution is 2.37. The van der Waals surface area contributed by atoms with Crippen LogP contribution in [-0.4, -0.2) is 55.2 Å². The molecule has 0 saturated carbocycles. The number of esters is 1. The number of hydrogen-bond acceptors (Lipinski definition) is 7. The summed E-state index contributed by atoms with van der Waals surface area (Å²) in [6, 6.07) is 3.38. The van der Waals surface area contributed by atoms with Gasteiger partial charge in [0.1, 0.15) is 18.1 Å². The van der Waals surface area contributed by atoms with Gasteiger partial charge in [0.2, 0.25) is 12.7 Å². The van der Waals surface area contributed by atoms with Crippen molar-refractivity contribution < 1.29 is 33.4 Å². The molecule has 1 saturated heterocycles. The lowest BCUT2D eigenvalue weighted by atomic mass is 9.91. The number of imide groups is 1. The molecule has 0 unspecified atom stereocenters. The molecule has 162 valence electrons. The molecular formula is C20H25N3O7. The highest BCUT2D eigenvalue weighted by Gasteiger charge is 2.50. The van der Waals surface area contributed by atoms with Crippen molar-refractivity contribution in [2.75, 3.05) is 20.4 Å². The van der Waals surface area contributed by atoms with Crippen LogP contribution in [0.1, 0.15) is 32.8 Å². The third kappa shape index (κ3) is 4.03. The molecule has 0 aromatic heterocycles. The van der Waals surface area contributed by atoms with Gasteiger partial charge in [-0.25, -0.2) is 9.59 Å². The number of nitrogens with one attached hydrogen (secondary N) is 2. The first-order chi connectivity index (χ1) is 14.2.